The minimum atomic E-state index is -0.911. The van der Waals surface area contributed by atoms with E-state index in [4.69, 9.17) is 55.9 Å². The van der Waals surface area contributed by atoms with Gasteiger partial charge in [-0.2, -0.15) is 0 Å². The first-order chi connectivity index (χ1) is 23.3. The molecule has 0 spiro atoms. The Balaban J connectivity index is 0.000000270. The molecule has 2 atom stereocenters. The predicted molar refractivity (Wildman–Crippen MR) is 199 cm³/mol. The standard InChI is InChI=1S/2C19H19Cl2NO3/c2*1-19(2,3)25-18(24)22-16(12-7-9-14(20)10-8-12)17(23)13-5-4-6-15(21)11-13/h2*4-11,16H,1-3H3,(H,22,24)/t2*16-/m10/s1. The van der Waals surface area contributed by atoms with Crippen molar-refractivity contribution in [3.05, 3.63) is 139 Å². The number of halogens is 4. The van der Waals surface area contributed by atoms with Crippen LogP contribution in [0.25, 0.3) is 0 Å². The number of ketones is 2. The molecule has 0 aliphatic heterocycles. The van der Waals surface area contributed by atoms with Gasteiger partial charge in [-0.15, -0.1) is 0 Å². The summed E-state index contributed by atoms with van der Waals surface area (Å²) >= 11 is 23.8. The normalized spacial score (nSPS) is 12.4. The Hall–Kier alpha value is -4.08. The first-order valence-electron chi connectivity index (χ1n) is 15.4. The van der Waals surface area contributed by atoms with Gasteiger partial charge in [-0.25, -0.2) is 9.59 Å². The summed E-state index contributed by atoms with van der Waals surface area (Å²) in [6, 6.07) is 24.7. The summed E-state index contributed by atoms with van der Waals surface area (Å²) in [5.74, 6) is -0.591. The van der Waals surface area contributed by atoms with Gasteiger partial charge in [0.05, 0.1) is 0 Å². The first-order valence-corrected chi connectivity index (χ1v) is 16.9. The quantitative estimate of drug-likeness (QED) is 0.173. The van der Waals surface area contributed by atoms with E-state index in [0.29, 0.717) is 42.3 Å². The number of nitrogens with one attached hydrogen (secondary N) is 2. The highest BCUT2D eigenvalue weighted by Gasteiger charge is 2.28. The Kier molecular flexibility index (Phi) is 14.3. The molecule has 0 aliphatic carbocycles. The summed E-state index contributed by atoms with van der Waals surface area (Å²) in [4.78, 5) is 50.2. The van der Waals surface area contributed by atoms with Crippen LogP contribution in [0.3, 0.4) is 0 Å². The Morgan fingerprint density at radius 2 is 0.820 bits per heavy atom. The molecular weight excluding hydrogens is 722 g/mol. The average Bonchev–Trinajstić information content (AvgIpc) is 3.01. The van der Waals surface area contributed by atoms with Crippen LogP contribution >= 0.6 is 46.4 Å². The number of rotatable bonds is 8. The highest BCUT2D eigenvalue weighted by Crippen LogP contribution is 2.25. The Morgan fingerprint density at radius 1 is 0.500 bits per heavy atom. The summed E-state index contributed by atoms with van der Waals surface area (Å²) in [6.45, 7) is 10.5. The van der Waals surface area contributed by atoms with Crippen molar-refractivity contribution in [3.8, 4) is 0 Å². The van der Waals surface area contributed by atoms with Crippen molar-refractivity contribution in [1.82, 2.24) is 10.6 Å². The van der Waals surface area contributed by atoms with Gasteiger partial charge in [0.15, 0.2) is 11.6 Å². The van der Waals surface area contributed by atoms with Crippen molar-refractivity contribution in [2.24, 2.45) is 0 Å². The van der Waals surface area contributed by atoms with Crippen molar-refractivity contribution in [2.45, 2.75) is 64.8 Å². The maximum Gasteiger partial charge on any atom is 0.408 e. The second kappa shape index (κ2) is 17.7. The molecule has 8 nitrogen and oxygen atoms in total. The van der Waals surface area contributed by atoms with Crippen LogP contribution in [0, 0.1) is 0 Å². The highest BCUT2D eigenvalue weighted by molar-refractivity contribution is 6.31. The summed E-state index contributed by atoms with van der Waals surface area (Å²) in [6.07, 6.45) is -1.36. The van der Waals surface area contributed by atoms with Crippen LogP contribution in [0.4, 0.5) is 9.59 Å². The van der Waals surface area contributed by atoms with Gasteiger partial charge in [0, 0.05) is 31.2 Å². The van der Waals surface area contributed by atoms with Gasteiger partial charge in [0.2, 0.25) is 0 Å². The molecule has 2 amide bonds. The molecular formula is C38H38Cl4N2O6. The summed E-state index contributed by atoms with van der Waals surface area (Å²) in [5.41, 5.74) is 0.633. The minimum Gasteiger partial charge on any atom is -0.444 e. The van der Waals surface area contributed by atoms with Crippen LogP contribution in [-0.2, 0) is 9.47 Å². The second-order valence-corrected chi connectivity index (χ2v) is 14.8. The average molecular weight is 761 g/mol. The fraction of sp³-hybridized carbons (Fsp3) is 0.263. The molecule has 12 heteroatoms. The van der Waals surface area contributed by atoms with E-state index in [1.165, 1.54) is 0 Å². The fourth-order valence-electron chi connectivity index (χ4n) is 4.38. The molecule has 2 N–H and O–H groups in total. The summed E-state index contributed by atoms with van der Waals surface area (Å²) < 4.78 is 10.5. The number of benzene rings is 4. The molecule has 0 aromatic heterocycles. The predicted octanol–water partition coefficient (Wildman–Crippen LogP) is 10.9. The van der Waals surface area contributed by atoms with Crippen LogP contribution in [0.5, 0.6) is 0 Å². The lowest BCUT2D eigenvalue weighted by Gasteiger charge is -2.23. The molecule has 4 rings (SSSR count). The third-order valence-corrected chi connectivity index (χ3v) is 7.45. The van der Waals surface area contributed by atoms with E-state index >= 15 is 0 Å². The zero-order chi connectivity index (χ0) is 37.2. The largest absolute Gasteiger partial charge is 0.444 e. The molecule has 50 heavy (non-hydrogen) atoms. The van der Waals surface area contributed by atoms with Crippen LogP contribution in [0.1, 0.15) is 85.5 Å². The molecule has 0 saturated carbocycles. The van der Waals surface area contributed by atoms with Crippen molar-refractivity contribution < 1.29 is 28.7 Å². The maximum atomic E-state index is 12.9. The smallest absolute Gasteiger partial charge is 0.408 e. The van der Waals surface area contributed by atoms with Crippen molar-refractivity contribution in [3.63, 3.8) is 0 Å². The van der Waals surface area contributed by atoms with Crippen LogP contribution < -0.4 is 10.6 Å². The van der Waals surface area contributed by atoms with E-state index in [2.05, 4.69) is 10.6 Å². The molecule has 0 saturated heterocycles. The SMILES string of the molecule is CC(C)(C)OC(=O)N[C@@H](C(=O)c1cccc(Cl)c1)c1ccc(Cl)cc1.CC(C)(C)OC(=O)N[C@H](C(=O)c1cccc(Cl)c1)c1ccc(Cl)cc1. The zero-order valence-electron chi connectivity index (χ0n) is 28.4. The Morgan fingerprint density at radius 3 is 1.10 bits per heavy atom. The number of Topliss-reactive ketones (excluding diaryl/α,β-unsaturated/α-hetero) is 2. The molecule has 264 valence electrons. The first kappa shape index (κ1) is 40.4. The number of hydrogen-bond donors (Lipinski definition) is 2. The highest BCUT2D eigenvalue weighted by atomic mass is 35.5. The molecule has 0 fully saturated rings. The third-order valence-electron chi connectivity index (χ3n) is 6.47. The van der Waals surface area contributed by atoms with Crippen molar-refractivity contribution >= 4 is 70.2 Å². The number of carbonyl (C=O) groups is 4. The number of hydrogen-bond acceptors (Lipinski definition) is 6. The molecule has 0 radical (unpaired) electrons. The van der Waals surface area contributed by atoms with Crippen molar-refractivity contribution in [2.75, 3.05) is 0 Å². The maximum absolute atomic E-state index is 12.9. The van der Waals surface area contributed by atoms with Gasteiger partial charge < -0.3 is 20.1 Å². The van der Waals surface area contributed by atoms with E-state index in [0.717, 1.165) is 0 Å². The number of carbonyl (C=O) groups excluding carboxylic acids is 4. The summed E-state index contributed by atoms with van der Waals surface area (Å²) in [7, 11) is 0. The monoisotopic (exact) mass is 758 g/mol. The van der Waals surface area contributed by atoms with E-state index in [1.54, 1.807) is 139 Å². The van der Waals surface area contributed by atoms with E-state index in [-0.39, 0.29) is 11.6 Å². The van der Waals surface area contributed by atoms with Gasteiger partial charge >= 0.3 is 12.2 Å². The number of alkyl carbamates (subject to hydrolysis) is 2. The van der Waals surface area contributed by atoms with Gasteiger partial charge in [-0.05, 0) is 101 Å². The van der Waals surface area contributed by atoms with E-state index < -0.39 is 35.5 Å². The molecule has 0 aliphatic rings. The van der Waals surface area contributed by atoms with Gasteiger partial charge in [0.1, 0.15) is 23.3 Å². The van der Waals surface area contributed by atoms with Crippen LogP contribution in [0.2, 0.25) is 20.1 Å². The molecule has 4 aromatic rings. The van der Waals surface area contributed by atoms with Crippen LogP contribution in [0.15, 0.2) is 97.1 Å². The van der Waals surface area contributed by atoms with Gasteiger partial charge in [0.25, 0.3) is 0 Å². The summed E-state index contributed by atoms with van der Waals surface area (Å²) in [5, 5.41) is 7.22. The van der Waals surface area contributed by atoms with Crippen LogP contribution in [-0.4, -0.2) is 35.0 Å². The molecule has 0 bridgehead atoms. The Bertz CT molecular complexity index is 1670. The zero-order valence-corrected chi connectivity index (χ0v) is 31.4. The van der Waals surface area contributed by atoms with Crippen molar-refractivity contribution in [1.29, 1.82) is 0 Å². The lowest BCUT2D eigenvalue weighted by Crippen LogP contribution is -2.38. The number of amides is 2. The molecule has 4 aromatic carbocycles. The Labute approximate surface area is 312 Å². The van der Waals surface area contributed by atoms with E-state index in [1.807, 2.05) is 0 Å². The third kappa shape index (κ3) is 13.3. The number of ether oxygens (including phenoxy) is 2. The minimum absolute atomic E-state index is 0.296. The molecule has 0 heterocycles. The van der Waals surface area contributed by atoms with E-state index in [9.17, 15) is 19.2 Å². The fourth-order valence-corrected chi connectivity index (χ4v) is 5.01. The lowest BCUT2D eigenvalue weighted by molar-refractivity contribution is 0.0483. The molecule has 0 unspecified atom stereocenters. The lowest BCUT2D eigenvalue weighted by atomic mass is 9.97. The topological polar surface area (TPSA) is 111 Å². The second-order valence-electron chi connectivity index (χ2n) is 13.0. The van der Waals surface area contributed by atoms with Gasteiger partial charge in [-0.3, -0.25) is 9.59 Å². The van der Waals surface area contributed by atoms with Gasteiger partial charge in [-0.1, -0.05) is 94.9 Å².